The number of pyridine rings is 1. The summed E-state index contributed by atoms with van der Waals surface area (Å²) in [5.74, 6) is -1.11. The van der Waals surface area contributed by atoms with Crippen molar-refractivity contribution in [1.82, 2.24) is 10.3 Å². The van der Waals surface area contributed by atoms with E-state index < -0.39 is 23.7 Å². The molecule has 0 aliphatic rings. The van der Waals surface area contributed by atoms with Crippen molar-refractivity contribution in [1.29, 1.82) is 5.26 Å². The number of nitriles is 1. The van der Waals surface area contributed by atoms with Crippen LogP contribution in [0.5, 0.6) is 5.75 Å². The number of carboxylic acid groups (broad SMARTS) is 1. The molecule has 0 fully saturated rings. The lowest BCUT2D eigenvalue weighted by Gasteiger charge is -2.16. The number of halogens is 4. The molecule has 3 rings (SSSR count). The summed E-state index contributed by atoms with van der Waals surface area (Å²) in [5, 5.41) is 21.3. The second-order valence-electron chi connectivity index (χ2n) is 7.60. The Morgan fingerprint density at radius 2 is 1.89 bits per heavy atom. The van der Waals surface area contributed by atoms with Gasteiger partial charge in [0.25, 0.3) is 5.91 Å². The van der Waals surface area contributed by atoms with Gasteiger partial charge in [-0.1, -0.05) is 29.8 Å². The van der Waals surface area contributed by atoms with Crippen molar-refractivity contribution in [3.8, 4) is 22.9 Å². The molecule has 0 spiro atoms. The Balaban J connectivity index is 2.05. The average Bonchev–Trinajstić information content (AvgIpc) is 2.85. The number of para-hydroxylation sites is 1. The third-order valence-electron chi connectivity index (χ3n) is 5.28. The zero-order valence-electron chi connectivity index (χ0n) is 18.8. The van der Waals surface area contributed by atoms with Gasteiger partial charge in [0.15, 0.2) is 0 Å². The fraction of sp³-hybridized carbons (Fsp3) is 0.200. The lowest BCUT2D eigenvalue weighted by molar-refractivity contribution is -0.141. The van der Waals surface area contributed by atoms with Crippen LogP contribution in [0.2, 0.25) is 5.02 Å². The molecule has 36 heavy (non-hydrogen) atoms. The molecule has 2 N–H and O–H groups in total. The Morgan fingerprint density at radius 1 is 1.17 bits per heavy atom. The summed E-state index contributed by atoms with van der Waals surface area (Å²) in [6.07, 6.45) is -4.19. The number of alkyl halides is 3. The largest absolute Gasteiger partial charge is 0.496 e. The first kappa shape index (κ1) is 26.5. The molecule has 0 aliphatic heterocycles. The number of carbonyl (C=O) groups excluding carboxylic acids is 1. The van der Waals surface area contributed by atoms with Gasteiger partial charge < -0.3 is 15.2 Å². The normalized spacial score (nSPS) is 11.0. The first-order valence-corrected chi connectivity index (χ1v) is 10.8. The minimum Gasteiger partial charge on any atom is -0.496 e. The van der Waals surface area contributed by atoms with Crippen LogP contribution in [0.3, 0.4) is 0 Å². The third kappa shape index (κ3) is 6.12. The highest BCUT2D eigenvalue weighted by Gasteiger charge is 2.33. The van der Waals surface area contributed by atoms with Gasteiger partial charge >= 0.3 is 12.1 Å². The monoisotopic (exact) mass is 517 g/mol. The molecule has 2 aromatic carbocycles. The first-order valence-electron chi connectivity index (χ1n) is 10.5. The fourth-order valence-electron chi connectivity index (χ4n) is 3.52. The van der Waals surface area contributed by atoms with Crippen molar-refractivity contribution in [2.45, 2.75) is 25.6 Å². The molecule has 0 atom stereocenters. The standard InChI is InChI=1S/C25H19ClF3N3O4/c1-36-21-5-3-2-4-15(21)12-32-24(35)17-10-18(20(26)8-14(17)6-7-23(33)34)19-13-31-22(25(27,28)29)9-16(19)11-30/h2-5,8-10,13H,6-7,12H2,1H3,(H,32,35)(H,33,34). The Bertz CT molecular complexity index is 1350. The summed E-state index contributed by atoms with van der Waals surface area (Å²) in [5.41, 5.74) is -0.399. The van der Waals surface area contributed by atoms with Crippen molar-refractivity contribution in [2.75, 3.05) is 7.11 Å². The van der Waals surface area contributed by atoms with Crippen LogP contribution in [0.1, 0.15) is 39.2 Å². The van der Waals surface area contributed by atoms with Crippen LogP contribution < -0.4 is 10.1 Å². The van der Waals surface area contributed by atoms with Gasteiger partial charge in [0.1, 0.15) is 11.4 Å². The van der Waals surface area contributed by atoms with Crippen molar-refractivity contribution < 1.29 is 32.6 Å². The van der Waals surface area contributed by atoms with Crippen LogP contribution >= 0.6 is 11.6 Å². The van der Waals surface area contributed by atoms with Crippen molar-refractivity contribution in [3.63, 3.8) is 0 Å². The number of rotatable bonds is 8. The second-order valence-corrected chi connectivity index (χ2v) is 8.01. The van der Waals surface area contributed by atoms with Gasteiger partial charge in [-0.05, 0) is 36.2 Å². The number of hydrogen-bond acceptors (Lipinski definition) is 5. The van der Waals surface area contributed by atoms with Crippen LogP contribution in [0.4, 0.5) is 13.2 Å². The fourth-order valence-corrected chi connectivity index (χ4v) is 3.81. The Morgan fingerprint density at radius 3 is 2.53 bits per heavy atom. The molecule has 0 saturated heterocycles. The number of aliphatic carboxylic acids is 1. The molecule has 3 aromatic rings. The smallest absolute Gasteiger partial charge is 0.433 e. The predicted octanol–water partition coefficient (Wildman–Crippen LogP) is 5.25. The predicted molar refractivity (Wildman–Crippen MR) is 125 cm³/mol. The van der Waals surface area contributed by atoms with E-state index in [-0.39, 0.29) is 46.7 Å². The Hall–Kier alpha value is -4.10. The summed E-state index contributed by atoms with van der Waals surface area (Å²) >= 11 is 6.37. The van der Waals surface area contributed by atoms with Gasteiger partial charge in [0.2, 0.25) is 0 Å². The SMILES string of the molecule is COc1ccccc1CNC(=O)c1cc(-c2cnc(C(F)(F)F)cc2C#N)c(Cl)cc1CCC(=O)O. The molecule has 11 heteroatoms. The van der Waals surface area contributed by atoms with Gasteiger partial charge in [0.05, 0.1) is 18.7 Å². The molecular formula is C25H19ClF3N3O4. The van der Waals surface area contributed by atoms with Gasteiger partial charge in [-0.3, -0.25) is 14.6 Å². The van der Waals surface area contributed by atoms with Crippen LogP contribution in [0, 0.1) is 11.3 Å². The number of ether oxygens (including phenoxy) is 1. The molecule has 7 nitrogen and oxygen atoms in total. The maximum atomic E-state index is 13.1. The van der Waals surface area contributed by atoms with E-state index in [2.05, 4.69) is 10.3 Å². The van der Waals surface area contributed by atoms with Crippen LogP contribution in [0.15, 0.2) is 48.7 Å². The van der Waals surface area contributed by atoms with E-state index in [4.69, 9.17) is 21.4 Å². The Labute approximate surface area is 209 Å². The zero-order valence-corrected chi connectivity index (χ0v) is 19.6. The lowest BCUT2D eigenvalue weighted by Crippen LogP contribution is -2.24. The summed E-state index contributed by atoms with van der Waals surface area (Å²) < 4.78 is 44.5. The number of carbonyl (C=O) groups is 2. The number of aromatic nitrogens is 1. The zero-order chi connectivity index (χ0) is 26.5. The number of benzene rings is 2. The molecule has 0 aliphatic carbocycles. The molecular weight excluding hydrogens is 499 g/mol. The van der Waals surface area contributed by atoms with Gasteiger partial charge in [-0.2, -0.15) is 18.4 Å². The van der Waals surface area contributed by atoms with Crippen molar-refractivity contribution in [2.24, 2.45) is 0 Å². The Kier molecular flexibility index (Phi) is 8.17. The highest BCUT2D eigenvalue weighted by Crippen LogP contribution is 2.36. The summed E-state index contributed by atoms with van der Waals surface area (Å²) in [7, 11) is 1.49. The molecule has 0 radical (unpaired) electrons. The molecule has 0 saturated carbocycles. The number of nitrogens with one attached hydrogen (secondary N) is 1. The van der Waals surface area contributed by atoms with E-state index >= 15 is 0 Å². The highest BCUT2D eigenvalue weighted by molar-refractivity contribution is 6.33. The van der Waals surface area contributed by atoms with Crippen molar-refractivity contribution >= 4 is 23.5 Å². The molecule has 0 unspecified atom stereocenters. The maximum absolute atomic E-state index is 13.1. The quantitative estimate of drug-likeness (QED) is 0.422. The van der Waals surface area contributed by atoms with Gasteiger partial charge in [0, 0.05) is 46.4 Å². The second kappa shape index (κ2) is 11.1. The average molecular weight is 518 g/mol. The van der Waals surface area contributed by atoms with E-state index in [0.29, 0.717) is 22.9 Å². The van der Waals surface area contributed by atoms with Crippen LogP contribution in [-0.4, -0.2) is 29.1 Å². The van der Waals surface area contributed by atoms with Crippen molar-refractivity contribution in [3.05, 3.63) is 81.6 Å². The maximum Gasteiger partial charge on any atom is 0.433 e. The number of nitrogens with zero attached hydrogens (tertiary/aromatic N) is 2. The summed E-state index contributed by atoms with van der Waals surface area (Å²) in [6, 6.07) is 12.0. The molecule has 1 heterocycles. The van der Waals surface area contributed by atoms with Crippen LogP contribution in [0.25, 0.3) is 11.1 Å². The minimum atomic E-state index is -4.75. The number of methoxy groups -OCH3 is 1. The highest BCUT2D eigenvalue weighted by atomic mass is 35.5. The van der Waals surface area contributed by atoms with E-state index in [1.54, 1.807) is 30.3 Å². The molecule has 0 bridgehead atoms. The molecule has 1 aromatic heterocycles. The molecule has 1 amide bonds. The van der Waals surface area contributed by atoms with Gasteiger partial charge in [-0.25, -0.2) is 0 Å². The lowest BCUT2D eigenvalue weighted by atomic mass is 9.94. The third-order valence-corrected chi connectivity index (χ3v) is 5.60. The minimum absolute atomic E-state index is 0.000867. The van der Waals surface area contributed by atoms with E-state index in [1.807, 2.05) is 0 Å². The van der Waals surface area contributed by atoms with Crippen LogP contribution in [-0.2, 0) is 23.9 Å². The summed E-state index contributed by atoms with van der Waals surface area (Å²) in [6.45, 7) is 0.0878. The number of hydrogen-bond donors (Lipinski definition) is 2. The topological polar surface area (TPSA) is 112 Å². The number of carboxylic acids is 1. The number of amides is 1. The summed E-state index contributed by atoms with van der Waals surface area (Å²) in [4.78, 5) is 27.7. The van der Waals surface area contributed by atoms with E-state index in [0.717, 1.165) is 6.20 Å². The number of aryl methyl sites for hydroxylation is 1. The van der Waals surface area contributed by atoms with E-state index in [9.17, 15) is 28.0 Å². The van der Waals surface area contributed by atoms with Gasteiger partial charge in [-0.15, -0.1) is 0 Å². The first-order chi connectivity index (χ1) is 17.0. The molecule has 186 valence electrons. The van der Waals surface area contributed by atoms with E-state index in [1.165, 1.54) is 19.2 Å².